The fourth-order valence-corrected chi connectivity index (χ4v) is 2.84. The molecule has 2 nitrogen and oxygen atoms in total. The van der Waals surface area contributed by atoms with E-state index in [1.165, 1.54) is 18.4 Å². The Morgan fingerprint density at radius 2 is 2.31 bits per heavy atom. The Balaban J connectivity index is 1.91. The van der Waals surface area contributed by atoms with Crippen LogP contribution in [0.2, 0.25) is 0 Å². The first kappa shape index (κ1) is 10.0. The molecule has 2 heteroatoms. The van der Waals surface area contributed by atoms with Crippen LogP contribution in [0.1, 0.15) is 31.6 Å². The number of nitrogens with zero attached hydrogens (tertiary/aromatic N) is 1. The Bertz CT molecular complexity index is 398. The second-order valence-corrected chi connectivity index (χ2v) is 4.90. The molecule has 0 saturated carbocycles. The van der Waals surface area contributed by atoms with Crippen molar-refractivity contribution in [1.29, 1.82) is 0 Å². The topological polar surface area (TPSA) is 22.1 Å². The van der Waals surface area contributed by atoms with Crippen LogP contribution >= 0.6 is 0 Å². The molecular formula is C14H17NO. The van der Waals surface area contributed by atoms with Gasteiger partial charge in [-0.05, 0) is 37.8 Å². The highest BCUT2D eigenvalue weighted by molar-refractivity contribution is 5.18. The SMILES string of the molecule is CC1=CC[C@@H]2CO[C@@H](c3ccccn3)[C@@H]1C2. The second-order valence-electron chi connectivity index (χ2n) is 4.90. The van der Waals surface area contributed by atoms with E-state index >= 15 is 0 Å². The van der Waals surface area contributed by atoms with Crippen LogP contribution in [0.5, 0.6) is 0 Å². The first-order chi connectivity index (χ1) is 7.84. The normalized spacial score (nSPS) is 33.3. The van der Waals surface area contributed by atoms with Gasteiger partial charge in [0.25, 0.3) is 0 Å². The van der Waals surface area contributed by atoms with Gasteiger partial charge in [-0.3, -0.25) is 4.98 Å². The maximum absolute atomic E-state index is 6.00. The Hall–Kier alpha value is -1.15. The summed E-state index contributed by atoms with van der Waals surface area (Å²) in [6.07, 6.45) is 6.87. The molecule has 0 aromatic carbocycles. The van der Waals surface area contributed by atoms with Crippen LogP contribution in [-0.4, -0.2) is 11.6 Å². The Labute approximate surface area is 96.3 Å². The minimum Gasteiger partial charge on any atom is -0.371 e. The summed E-state index contributed by atoms with van der Waals surface area (Å²) in [7, 11) is 0. The molecule has 1 aromatic rings. The molecule has 1 saturated heterocycles. The summed E-state index contributed by atoms with van der Waals surface area (Å²) in [6, 6.07) is 6.07. The number of hydrogen-bond acceptors (Lipinski definition) is 2. The number of aromatic nitrogens is 1. The third kappa shape index (κ3) is 1.67. The van der Waals surface area contributed by atoms with E-state index in [1.54, 1.807) is 0 Å². The number of allylic oxidation sites excluding steroid dienone is 1. The van der Waals surface area contributed by atoms with Gasteiger partial charge in [-0.25, -0.2) is 0 Å². The van der Waals surface area contributed by atoms with Gasteiger partial charge in [-0.2, -0.15) is 0 Å². The molecule has 2 heterocycles. The van der Waals surface area contributed by atoms with Crippen LogP contribution in [0.15, 0.2) is 36.0 Å². The van der Waals surface area contributed by atoms with Crippen molar-refractivity contribution >= 4 is 0 Å². The van der Waals surface area contributed by atoms with Crippen molar-refractivity contribution in [1.82, 2.24) is 4.98 Å². The first-order valence-electron chi connectivity index (χ1n) is 6.04. The molecule has 16 heavy (non-hydrogen) atoms. The van der Waals surface area contributed by atoms with Crippen molar-refractivity contribution in [2.45, 2.75) is 25.9 Å². The lowest BCUT2D eigenvalue weighted by atomic mass is 9.76. The zero-order chi connectivity index (χ0) is 11.0. The first-order valence-corrected chi connectivity index (χ1v) is 6.04. The summed E-state index contributed by atoms with van der Waals surface area (Å²) in [6.45, 7) is 3.12. The van der Waals surface area contributed by atoms with Crippen LogP contribution in [0.25, 0.3) is 0 Å². The lowest BCUT2D eigenvalue weighted by molar-refractivity contribution is -0.0534. The monoisotopic (exact) mass is 215 g/mol. The average Bonchev–Trinajstić information content (AvgIpc) is 2.36. The smallest absolute Gasteiger partial charge is 0.106 e. The van der Waals surface area contributed by atoms with Crippen LogP contribution in [0, 0.1) is 11.8 Å². The predicted octanol–water partition coefficient (Wildman–Crippen LogP) is 3.13. The van der Waals surface area contributed by atoms with Gasteiger partial charge in [-0.1, -0.05) is 17.7 Å². The molecule has 1 fully saturated rings. The highest BCUT2D eigenvalue weighted by atomic mass is 16.5. The Morgan fingerprint density at radius 3 is 3.12 bits per heavy atom. The van der Waals surface area contributed by atoms with Gasteiger partial charge in [0, 0.05) is 12.1 Å². The van der Waals surface area contributed by atoms with E-state index in [2.05, 4.69) is 24.1 Å². The summed E-state index contributed by atoms with van der Waals surface area (Å²) in [5.74, 6) is 1.27. The number of fused-ring (bicyclic) bond motifs is 2. The molecule has 2 aliphatic rings. The van der Waals surface area contributed by atoms with Gasteiger partial charge in [0.15, 0.2) is 0 Å². The van der Waals surface area contributed by atoms with Gasteiger partial charge in [-0.15, -0.1) is 0 Å². The fraction of sp³-hybridized carbons (Fsp3) is 0.500. The summed E-state index contributed by atoms with van der Waals surface area (Å²) in [5.41, 5.74) is 2.56. The molecule has 1 aromatic heterocycles. The molecule has 0 spiro atoms. The highest BCUT2D eigenvalue weighted by Gasteiger charge is 2.35. The zero-order valence-electron chi connectivity index (χ0n) is 9.60. The fourth-order valence-electron chi connectivity index (χ4n) is 2.84. The molecule has 0 unspecified atom stereocenters. The minimum atomic E-state index is 0.175. The summed E-state index contributed by atoms with van der Waals surface area (Å²) in [5, 5.41) is 0. The maximum Gasteiger partial charge on any atom is 0.106 e. The average molecular weight is 215 g/mol. The molecule has 1 aliphatic heterocycles. The zero-order valence-corrected chi connectivity index (χ0v) is 9.60. The second kappa shape index (κ2) is 4.02. The largest absolute Gasteiger partial charge is 0.371 e. The molecule has 0 N–H and O–H groups in total. The van der Waals surface area contributed by atoms with E-state index in [9.17, 15) is 0 Å². The molecule has 2 bridgehead atoms. The van der Waals surface area contributed by atoms with Crippen molar-refractivity contribution in [3.05, 3.63) is 41.7 Å². The Morgan fingerprint density at radius 1 is 1.38 bits per heavy atom. The van der Waals surface area contributed by atoms with Crippen molar-refractivity contribution in [2.24, 2.45) is 11.8 Å². The summed E-state index contributed by atoms with van der Waals surface area (Å²) in [4.78, 5) is 4.43. The van der Waals surface area contributed by atoms with Crippen molar-refractivity contribution < 1.29 is 4.74 Å². The summed E-state index contributed by atoms with van der Waals surface area (Å²) >= 11 is 0. The third-order valence-electron chi connectivity index (χ3n) is 3.80. The van der Waals surface area contributed by atoms with Crippen molar-refractivity contribution in [3.63, 3.8) is 0 Å². The molecule has 0 amide bonds. The maximum atomic E-state index is 6.00. The molecule has 84 valence electrons. The van der Waals surface area contributed by atoms with E-state index < -0.39 is 0 Å². The number of rotatable bonds is 1. The number of hydrogen-bond donors (Lipinski definition) is 0. The summed E-state index contributed by atoms with van der Waals surface area (Å²) < 4.78 is 6.00. The molecule has 0 radical (unpaired) electrons. The van der Waals surface area contributed by atoms with Gasteiger partial charge in [0.1, 0.15) is 6.10 Å². The van der Waals surface area contributed by atoms with Gasteiger partial charge in [0.2, 0.25) is 0 Å². The molecule has 1 aliphatic carbocycles. The number of pyridine rings is 1. The Kier molecular flexibility index (Phi) is 2.52. The van der Waals surface area contributed by atoms with Crippen LogP contribution < -0.4 is 0 Å². The quantitative estimate of drug-likeness (QED) is 0.671. The van der Waals surface area contributed by atoms with Crippen LogP contribution in [0.3, 0.4) is 0 Å². The minimum absolute atomic E-state index is 0.175. The van der Waals surface area contributed by atoms with Crippen molar-refractivity contribution in [2.75, 3.05) is 6.61 Å². The molecular weight excluding hydrogens is 198 g/mol. The highest BCUT2D eigenvalue weighted by Crippen LogP contribution is 2.43. The van der Waals surface area contributed by atoms with E-state index in [0.29, 0.717) is 5.92 Å². The van der Waals surface area contributed by atoms with Crippen LogP contribution in [-0.2, 0) is 4.74 Å². The van der Waals surface area contributed by atoms with E-state index in [1.807, 2.05) is 18.3 Å². The lowest BCUT2D eigenvalue weighted by Crippen LogP contribution is -2.32. The lowest BCUT2D eigenvalue weighted by Gasteiger charge is -2.39. The standard InChI is InChI=1S/C14H17NO/c1-10-5-6-11-8-12(10)14(16-9-11)13-4-2-3-7-15-13/h2-5,7,11-12,14H,6,8-9H2,1H3/t11-,12+,14+/m0/s1. The van der Waals surface area contributed by atoms with Gasteiger partial charge < -0.3 is 4.74 Å². The predicted molar refractivity (Wildman–Crippen MR) is 62.9 cm³/mol. The van der Waals surface area contributed by atoms with Crippen molar-refractivity contribution in [3.8, 4) is 0 Å². The van der Waals surface area contributed by atoms with E-state index in [0.717, 1.165) is 18.2 Å². The molecule has 3 atom stereocenters. The number of ether oxygens (including phenoxy) is 1. The van der Waals surface area contributed by atoms with Crippen LogP contribution in [0.4, 0.5) is 0 Å². The van der Waals surface area contributed by atoms with Gasteiger partial charge in [0.05, 0.1) is 12.3 Å². The van der Waals surface area contributed by atoms with E-state index in [4.69, 9.17) is 4.74 Å². The third-order valence-corrected chi connectivity index (χ3v) is 3.80. The molecule has 3 rings (SSSR count). The van der Waals surface area contributed by atoms with Gasteiger partial charge >= 0.3 is 0 Å². The van der Waals surface area contributed by atoms with E-state index in [-0.39, 0.29) is 6.10 Å².